The minimum absolute atomic E-state index is 0.396. The van der Waals surface area contributed by atoms with Gasteiger partial charge in [0.2, 0.25) is 11.8 Å². The van der Waals surface area contributed by atoms with Crippen molar-refractivity contribution in [1.82, 2.24) is 25.0 Å². The van der Waals surface area contributed by atoms with Crippen LogP contribution >= 0.6 is 11.8 Å². The van der Waals surface area contributed by atoms with E-state index in [4.69, 9.17) is 9.15 Å². The molecule has 28 heavy (non-hydrogen) atoms. The predicted octanol–water partition coefficient (Wildman–Crippen LogP) is 4.69. The highest BCUT2D eigenvalue weighted by Gasteiger charge is 2.28. The van der Waals surface area contributed by atoms with Crippen molar-refractivity contribution in [3.8, 4) is 17.1 Å². The number of rotatable bonds is 6. The van der Waals surface area contributed by atoms with Crippen molar-refractivity contribution < 1.29 is 9.15 Å². The zero-order valence-electron chi connectivity index (χ0n) is 16.5. The zero-order valence-corrected chi connectivity index (χ0v) is 17.3. The SMILES string of the molecule is COc1ccc(-c2nnc(SCc3nnc(C)o3)n2[C@H]2CCCC[C@@H]2C)cc1. The van der Waals surface area contributed by atoms with Gasteiger partial charge in [-0.25, -0.2) is 0 Å². The topological polar surface area (TPSA) is 78.9 Å². The van der Waals surface area contributed by atoms with Crippen LogP contribution in [0.1, 0.15) is 50.4 Å². The molecule has 0 bridgehead atoms. The van der Waals surface area contributed by atoms with Crippen LogP contribution in [0.25, 0.3) is 11.4 Å². The maximum absolute atomic E-state index is 5.51. The van der Waals surface area contributed by atoms with Gasteiger partial charge in [0.25, 0.3) is 0 Å². The number of hydrogen-bond acceptors (Lipinski definition) is 7. The van der Waals surface area contributed by atoms with Gasteiger partial charge in [0.1, 0.15) is 5.75 Å². The molecule has 2 heterocycles. The van der Waals surface area contributed by atoms with Crippen LogP contribution in [0.4, 0.5) is 0 Å². The van der Waals surface area contributed by atoms with Gasteiger partial charge in [-0.3, -0.25) is 4.57 Å². The first kappa shape index (κ1) is 19.0. The molecule has 0 spiro atoms. The van der Waals surface area contributed by atoms with Crippen LogP contribution in [0.5, 0.6) is 5.75 Å². The van der Waals surface area contributed by atoms with E-state index in [9.17, 15) is 0 Å². The molecule has 1 aliphatic carbocycles. The van der Waals surface area contributed by atoms with Crippen molar-refractivity contribution >= 4 is 11.8 Å². The molecule has 0 N–H and O–H groups in total. The molecule has 0 aliphatic heterocycles. The summed E-state index contributed by atoms with van der Waals surface area (Å²) in [7, 11) is 1.68. The van der Waals surface area contributed by atoms with Crippen molar-refractivity contribution in [2.24, 2.45) is 5.92 Å². The van der Waals surface area contributed by atoms with E-state index in [1.807, 2.05) is 24.3 Å². The maximum Gasteiger partial charge on any atom is 0.226 e. The molecule has 0 saturated heterocycles. The lowest BCUT2D eigenvalue weighted by Crippen LogP contribution is -2.22. The normalized spacial score (nSPS) is 19.7. The minimum atomic E-state index is 0.396. The first-order chi connectivity index (χ1) is 13.7. The Hall–Kier alpha value is -2.35. The van der Waals surface area contributed by atoms with Gasteiger partial charge in [-0.15, -0.1) is 20.4 Å². The van der Waals surface area contributed by atoms with Crippen molar-refractivity contribution in [1.29, 1.82) is 0 Å². The van der Waals surface area contributed by atoms with E-state index in [1.165, 1.54) is 19.3 Å². The molecule has 3 aromatic rings. The highest BCUT2D eigenvalue weighted by Crippen LogP contribution is 2.39. The number of nitrogens with zero attached hydrogens (tertiary/aromatic N) is 5. The highest BCUT2D eigenvalue weighted by atomic mass is 32.2. The quantitative estimate of drug-likeness (QED) is 0.556. The van der Waals surface area contributed by atoms with Crippen molar-refractivity contribution in [3.63, 3.8) is 0 Å². The van der Waals surface area contributed by atoms with Gasteiger partial charge in [0, 0.05) is 18.5 Å². The van der Waals surface area contributed by atoms with E-state index >= 15 is 0 Å². The van der Waals surface area contributed by atoms with Gasteiger partial charge < -0.3 is 9.15 Å². The van der Waals surface area contributed by atoms with Gasteiger partial charge in [0.05, 0.1) is 12.9 Å². The predicted molar refractivity (Wildman–Crippen MR) is 107 cm³/mol. The Morgan fingerprint density at radius 2 is 1.89 bits per heavy atom. The summed E-state index contributed by atoms with van der Waals surface area (Å²) in [6.07, 6.45) is 4.91. The molecule has 2 aromatic heterocycles. The number of benzene rings is 1. The van der Waals surface area contributed by atoms with Gasteiger partial charge in [-0.05, 0) is 43.0 Å². The van der Waals surface area contributed by atoms with Crippen LogP contribution in [0.3, 0.4) is 0 Å². The molecule has 4 rings (SSSR count). The molecular formula is C20H25N5O2S. The van der Waals surface area contributed by atoms with E-state index in [1.54, 1.807) is 25.8 Å². The van der Waals surface area contributed by atoms with Gasteiger partial charge in [0.15, 0.2) is 11.0 Å². The number of aryl methyl sites for hydroxylation is 1. The summed E-state index contributed by atoms with van der Waals surface area (Å²) >= 11 is 1.60. The van der Waals surface area contributed by atoms with E-state index in [0.717, 1.165) is 28.7 Å². The fourth-order valence-corrected chi connectivity index (χ4v) is 4.64. The second-order valence-electron chi connectivity index (χ2n) is 7.24. The number of aromatic nitrogens is 5. The first-order valence-corrected chi connectivity index (χ1v) is 10.7. The lowest BCUT2D eigenvalue weighted by molar-refractivity contribution is 0.247. The lowest BCUT2D eigenvalue weighted by atomic mass is 9.85. The fraction of sp³-hybridized carbons (Fsp3) is 0.500. The number of ether oxygens (including phenoxy) is 1. The molecule has 2 atom stereocenters. The Kier molecular flexibility index (Phi) is 5.66. The number of methoxy groups -OCH3 is 1. The Morgan fingerprint density at radius 3 is 2.57 bits per heavy atom. The molecule has 1 saturated carbocycles. The van der Waals surface area contributed by atoms with Crippen LogP contribution in [-0.4, -0.2) is 32.1 Å². The van der Waals surface area contributed by atoms with Crippen molar-refractivity contribution in [2.75, 3.05) is 7.11 Å². The molecular weight excluding hydrogens is 374 g/mol. The van der Waals surface area contributed by atoms with Gasteiger partial charge in [-0.2, -0.15) is 0 Å². The highest BCUT2D eigenvalue weighted by molar-refractivity contribution is 7.98. The lowest BCUT2D eigenvalue weighted by Gasteiger charge is -2.31. The Bertz CT molecular complexity index is 921. The van der Waals surface area contributed by atoms with Crippen LogP contribution < -0.4 is 4.74 Å². The summed E-state index contributed by atoms with van der Waals surface area (Å²) in [6.45, 7) is 4.13. The summed E-state index contributed by atoms with van der Waals surface area (Å²) in [5.74, 6) is 4.11. The second-order valence-corrected chi connectivity index (χ2v) is 8.18. The summed E-state index contributed by atoms with van der Waals surface area (Å²) < 4.78 is 13.1. The van der Waals surface area contributed by atoms with Crippen LogP contribution in [0.2, 0.25) is 0 Å². The van der Waals surface area contributed by atoms with Crippen LogP contribution in [0, 0.1) is 12.8 Å². The average Bonchev–Trinajstić information content (AvgIpc) is 3.33. The summed E-state index contributed by atoms with van der Waals surface area (Å²) in [5.41, 5.74) is 1.05. The van der Waals surface area contributed by atoms with E-state index in [-0.39, 0.29) is 0 Å². The second kappa shape index (κ2) is 8.34. The summed E-state index contributed by atoms with van der Waals surface area (Å²) in [5, 5.41) is 18.0. The van der Waals surface area contributed by atoms with Crippen molar-refractivity contribution in [2.45, 2.75) is 56.5 Å². The van der Waals surface area contributed by atoms with E-state index in [2.05, 4.69) is 31.9 Å². The molecule has 1 aliphatic rings. The average molecular weight is 400 g/mol. The van der Waals surface area contributed by atoms with Gasteiger partial charge >= 0.3 is 0 Å². The number of thioether (sulfide) groups is 1. The van der Waals surface area contributed by atoms with Gasteiger partial charge in [-0.1, -0.05) is 31.5 Å². The Labute approximate surface area is 168 Å². The first-order valence-electron chi connectivity index (χ1n) is 9.67. The smallest absolute Gasteiger partial charge is 0.226 e. The molecule has 0 amide bonds. The Balaban J connectivity index is 1.67. The molecule has 8 heteroatoms. The Morgan fingerprint density at radius 1 is 1.11 bits per heavy atom. The third-order valence-electron chi connectivity index (χ3n) is 5.30. The van der Waals surface area contributed by atoms with Crippen molar-refractivity contribution in [3.05, 3.63) is 36.0 Å². The van der Waals surface area contributed by atoms with Crippen LogP contribution in [0.15, 0.2) is 33.8 Å². The zero-order chi connectivity index (χ0) is 19.5. The molecule has 0 unspecified atom stereocenters. The third-order valence-corrected chi connectivity index (χ3v) is 6.23. The molecule has 7 nitrogen and oxygen atoms in total. The summed E-state index contributed by atoms with van der Waals surface area (Å²) in [4.78, 5) is 0. The largest absolute Gasteiger partial charge is 0.497 e. The standard InChI is InChI=1S/C20H25N5O2S/c1-13-6-4-5-7-17(13)25-19(15-8-10-16(26-3)11-9-15)23-24-20(25)28-12-18-22-21-14(2)27-18/h8-11,13,17H,4-7,12H2,1-3H3/t13-,17-/m0/s1. The molecule has 1 fully saturated rings. The molecule has 0 radical (unpaired) electrons. The molecule has 148 valence electrons. The maximum atomic E-state index is 5.51. The van der Waals surface area contributed by atoms with Crippen LogP contribution in [-0.2, 0) is 5.75 Å². The van der Waals surface area contributed by atoms with E-state index < -0.39 is 0 Å². The number of hydrogen-bond donors (Lipinski definition) is 0. The monoisotopic (exact) mass is 399 g/mol. The minimum Gasteiger partial charge on any atom is -0.497 e. The third kappa shape index (κ3) is 3.92. The van der Waals surface area contributed by atoms with E-state index in [0.29, 0.717) is 29.5 Å². The molecule has 1 aromatic carbocycles. The summed E-state index contributed by atoms with van der Waals surface area (Å²) in [6, 6.07) is 8.41. The fourth-order valence-electron chi connectivity index (χ4n) is 3.81.